The molecule has 0 radical (unpaired) electrons. The van der Waals surface area contributed by atoms with Crippen LogP contribution >= 0.6 is 0 Å². The molecule has 0 spiro atoms. The van der Waals surface area contributed by atoms with Crippen LogP contribution in [0.2, 0.25) is 0 Å². The van der Waals surface area contributed by atoms with Crippen molar-refractivity contribution in [3.8, 4) is 0 Å². The van der Waals surface area contributed by atoms with Crippen LogP contribution in [0.5, 0.6) is 0 Å². The summed E-state index contributed by atoms with van der Waals surface area (Å²) in [7, 11) is 0. The van der Waals surface area contributed by atoms with E-state index in [-0.39, 0.29) is 0 Å². The number of benzene rings is 2. The molecule has 1 aliphatic heterocycles. The number of nitrogens with zero attached hydrogens (tertiary/aromatic N) is 1. The first-order valence-corrected chi connectivity index (χ1v) is 7.88. The van der Waals surface area contributed by atoms with Gasteiger partial charge in [-0.05, 0) is 30.0 Å². The van der Waals surface area contributed by atoms with E-state index in [9.17, 15) is 0 Å². The molecule has 1 N–H and O–H groups in total. The second-order valence-corrected chi connectivity index (χ2v) is 5.95. The summed E-state index contributed by atoms with van der Waals surface area (Å²) >= 11 is 0. The van der Waals surface area contributed by atoms with Crippen LogP contribution in [0, 0.1) is 0 Å². The van der Waals surface area contributed by atoms with E-state index >= 15 is 0 Å². The largest absolute Gasteiger partial charge is 0.311 e. The second-order valence-electron chi connectivity index (χ2n) is 5.95. The van der Waals surface area contributed by atoms with E-state index in [1.54, 1.807) is 0 Å². The van der Waals surface area contributed by atoms with Crippen LogP contribution < -0.4 is 5.32 Å². The SMILES string of the molecule is C[C@@H](CNCc1ccccc1)N1CCc2ccccc2C1. The molecule has 0 amide bonds. The van der Waals surface area contributed by atoms with Crippen LogP contribution in [-0.2, 0) is 19.5 Å². The van der Waals surface area contributed by atoms with Crippen molar-refractivity contribution in [3.63, 3.8) is 0 Å². The summed E-state index contributed by atoms with van der Waals surface area (Å²) in [5.74, 6) is 0. The molecule has 0 unspecified atom stereocenters. The highest BCUT2D eigenvalue weighted by Crippen LogP contribution is 2.19. The highest BCUT2D eigenvalue weighted by atomic mass is 15.2. The van der Waals surface area contributed by atoms with Gasteiger partial charge in [-0.15, -0.1) is 0 Å². The second kappa shape index (κ2) is 6.88. The van der Waals surface area contributed by atoms with Gasteiger partial charge in [-0.1, -0.05) is 54.6 Å². The molecule has 2 heteroatoms. The van der Waals surface area contributed by atoms with Crippen molar-refractivity contribution in [2.75, 3.05) is 13.1 Å². The highest BCUT2D eigenvalue weighted by molar-refractivity contribution is 5.29. The first-order valence-electron chi connectivity index (χ1n) is 7.88. The molecule has 21 heavy (non-hydrogen) atoms. The standard InChI is InChI=1S/C19H24N2/c1-16(13-20-14-17-7-3-2-4-8-17)21-12-11-18-9-5-6-10-19(18)15-21/h2-10,16,20H,11-15H2,1H3/t16-/m0/s1. The first kappa shape index (κ1) is 14.3. The Balaban J connectivity index is 1.49. The average Bonchev–Trinajstić information content (AvgIpc) is 2.55. The molecule has 0 bridgehead atoms. The number of fused-ring (bicyclic) bond motifs is 1. The lowest BCUT2D eigenvalue weighted by Gasteiger charge is -2.33. The zero-order chi connectivity index (χ0) is 14.5. The third-order valence-electron chi connectivity index (χ3n) is 4.40. The number of nitrogens with one attached hydrogen (secondary N) is 1. The zero-order valence-corrected chi connectivity index (χ0v) is 12.8. The van der Waals surface area contributed by atoms with Gasteiger partial charge < -0.3 is 5.32 Å². The minimum Gasteiger partial charge on any atom is -0.311 e. The van der Waals surface area contributed by atoms with Crippen LogP contribution in [0.15, 0.2) is 54.6 Å². The third-order valence-corrected chi connectivity index (χ3v) is 4.40. The van der Waals surface area contributed by atoms with E-state index in [0.29, 0.717) is 6.04 Å². The van der Waals surface area contributed by atoms with Gasteiger partial charge in [0.15, 0.2) is 0 Å². The summed E-state index contributed by atoms with van der Waals surface area (Å²) in [6.07, 6.45) is 1.18. The molecule has 0 aromatic heterocycles. The number of rotatable bonds is 5. The third kappa shape index (κ3) is 3.72. The predicted molar refractivity (Wildman–Crippen MR) is 88.2 cm³/mol. The molecule has 0 saturated carbocycles. The van der Waals surface area contributed by atoms with Gasteiger partial charge in [-0.2, -0.15) is 0 Å². The van der Waals surface area contributed by atoms with Gasteiger partial charge in [-0.25, -0.2) is 0 Å². The van der Waals surface area contributed by atoms with Gasteiger partial charge in [0.25, 0.3) is 0 Å². The van der Waals surface area contributed by atoms with Crippen molar-refractivity contribution in [2.24, 2.45) is 0 Å². The Bertz CT molecular complexity index is 565. The van der Waals surface area contributed by atoms with Gasteiger partial charge >= 0.3 is 0 Å². The monoisotopic (exact) mass is 280 g/mol. The lowest BCUT2D eigenvalue weighted by molar-refractivity contribution is 0.186. The van der Waals surface area contributed by atoms with E-state index in [1.807, 2.05) is 0 Å². The minimum absolute atomic E-state index is 0.571. The summed E-state index contributed by atoms with van der Waals surface area (Å²) in [6, 6.07) is 20.0. The van der Waals surface area contributed by atoms with Crippen molar-refractivity contribution < 1.29 is 0 Å². The summed E-state index contributed by atoms with van der Waals surface area (Å²) < 4.78 is 0. The fraction of sp³-hybridized carbons (Fsp3) is 0.368. The maximum absolute atomic E-state index is 3.58. The van der Waals surface area contributed by atoms with Gasteiger partial charge in [-0.3, -0.25) is 4.90 Å². The normalized spacial score (nSPS) is 16.4. The van der Waals surface area contributed by atoms with E-state index < -0.39 is 0 Å². The van der Waals surface area contributed by atoms with Crippen molar-refractivity contribution in [2.45, 2.75) is 32.5 Å². The average molecular weight is 280 g/mol. The molecule has 0 saturated heterocycles. The first-order chi connectivity index (χ1) is 10.3. The fourth-order valence-electron chi connectivity index (χ4n) is 3.04. The van der Waals surface area contributed by atoms with Crippen LogP contribution in [0.25, 0.3) is 0 Å². The fourth-order valence-corrected chi connectivity index (χ4v) is 3.04. The molecule has 1 heterocycles. The Morgan fingerprint density at radius 2 is 1.71 bits per heavy atom. The molecule has 0 aliphatic carbocycles. The summed E-state index contributed by atoms with van der Waals surface area (Å²) in [5, 5.41) is 3.58. The zero-order valence-electron chi connectivity index (χ0n) is 12.8. The van der Waals surface area contributed by atoms with Gasteiger partial charge in [0, 0.05) is 32.2 Å². The molecular formula is C19H24N2. The Labute approximate surface area is 127 Å². The van der Waals surface area contributed by atoms with Gasteiger partial charge in [0.2, 0.25) is 0 Å². The summed E-state index contributed by atoms with van der Waals surface area (Å²) in [5.41, 5.74) is 4.38. The molecule has 2 aromatic rings. The minimum atomic E-state index is 0.571. The molecule has 2 aromatic carbocycles. The van der Waals surface area contributed by atoms with E-state index in [1.165, 1.54) is 29.7 Å². The predicted octanol–water partition coefficient (Wildman–Crippen LogP) is 3.22. The molecule has 0 fully saturated rings. The molecule has 1 aliphatic rings. The maximum atomic E-state index is 3.58. The van der Waals surface area contributed by atoms with Crippen LogP contribution in [-0.4, -0.2) is 24.0 Å². The Hall–Kier alpha value is -1.64. The van der Waals surface area contributed by atoms with Crippen LogP contribution in [0.3, 0.4) is 0 Å². The van der Waals surface area contributed by atoms with E-state index in [4.69, 9.17) is 0 Å². The van der Waals surface area contributed by atoms with Crippen molar-refractivity contribution >= 4 is 0 Å². The Morgan fingerprint density at radius 3 is 2.52 bits per heavy atom. The van der Waals surface area contributed by atoms with Crippen molar-refractivity contribution in [3.05, 3.63) is 71.3 Å². The van der Waals surface area contributed by atoms with Crippen LogP contribution in [0.1, 0.15) is 23.6 Å². The molecule has 2 nitrogen and oxygen atoms in total. The Morgan fingerprint density at radius 1 is 1.00 bits per heavy atom. The maximum Gasteiger partial charge on any atom is 0.0239 e. The van der Waals surface area contributed by atoms with Crippen molar-refractivity contribution in [1.29, 1.82) is 0 Å². The van der Waals surface area contributed by atoms with Gasteiger partial charge in [0.1, 0.15) is 0 Å². The quantitative estimate of drug-likeness (QED) is 0.904. The molecule has 1 atom stereocenters. The smallest absolute Gasteiger partial charge is 0.0239 e. The Kier molecular flexibility index (Phi) is 4.69. The van der Waals surface area contributed by atoms with E-state index in [2.05, 4.69) is 71.7 Å². The number of hydrogen-bond donors (Lipinski definition) is 1. The summed E-state index contributed by atoms with van der Waals surface area (Å²) in [6.45, 7) is 6.58. The summed E-state index contributed by atoms with van der Waals surface area (Å²) in [4.78, 5) is 2.58. The van der Waals surface area contributed by atoms with Crippen LogP contribution in [0.4, 0.5) is 0 Å². The highest BCUT2D eigenvalue weighted by Gasteiger charge is 2.19. The lowest BCUT2D eigenvalue weighted by Crippen LogP contribution is -2.42. The van der Waals surface area contributed by atoms with E-state index in [0.717, 1.165) is 19.6 Å². The topological polar surface area (TPSA) is 15.3 Å². The van der Waals surface area contributed by atoms with Gasteiger partial charge in [0.05, 0.1) is 0 Å². The lowest BCUT2D eigenvalue weighted by atomic mass is 9.99. The molecule has 110 valence electrons. The molecular weight excluding hydrogens is 256 g/mol. The van der Waals surface area contributed by atoms with Crippen molar-refractivity contribution in [1.82, 2.24) is 10.2 Å². The number of hydrogen-bond acceptors (Lipinski definition) is 2. The molecule has 3 rings (SSSR count).